The van der Waals surface area contributed by atoms with E-state index in [2.05, 4.69) is 4.98 Å². The number of Topliss-reactive ketones (excluding diaryl/α,β-unsaturated/α-hetero) is 1. The van der Waals surface area contributed by atoms with E-state index in [0.717, 1.165) is 12.8 Å². The van der Waals surface area contributed by atoms with E-state index in [4.69, 9.17) is 14.2 Å². The molecule has 1 saturated heterocycles. The van der Waals surface area contributed by atoms with Gasteiger partial charge >= 0.3 is 6.61 Å². The number of hydrogen-bond acceptors (Lipinski definition) is 7. The molecule has 1 N–H and O–H groups in total. The number of piperidine rings is 1. The van der Waals surface area contributed by atoms with Crippen molar-refractivity contribution in [2.45, 2.75) is 50.7 Å². The number of aliphatic hydroxyl groups is 1. The first-order valence-corrected chi connectivity index (χ1v) is 13.2. The summed E-state index contributed by atoms with van der Waals surface area (Å²) in [6.45, 7) is -2.10. The number of hydrogen-bond donors (Lipinski definition) is 1. The standard InChI is InChI=1S/C28H31F4N3O5/c1-38-22-12-18(13-23(40-27(29)30)26(22)21(36)11-17-3-4-17)20-15-33-25-14-19(5-8-35(20)25)39-10-2-7-34-9-6-28(31,32)24(37)16-34/h5,8,12-15,17,24,27,37H,2-4,6-7,9-11,16H2,1H3. The Balaban J connectivity index is 1.29. The van der Waals surface area contributed by atoms with Gasteiger partial charge in [0.15, 0.2) is 5.78 Å². The number of halogens is 4. The van der Waals surface area contributed by atoms with Crippen LogP contribution in [0.3, 0.4) is 0 Å². The number of fused-ring (bicyclic) bond motifs is 1. The zero-order valence-corrected chi connectivity index (χ0v) is 22.0. The summed E-state index contributed by atoms with van der Waals surface area (Å²) in [4.78, 5) is 19.1. The smallest absolute Gasteiger partial charge is 0.387 e. The SMILES string of the molecule is COc1cc(-c2cnc3cc(OCCCN4CCC(F)(F)C(O)C4)ccn23)cc(OC(F)F)c1C(=O)CC1CC1. The lowest BCUT2D eigenvalue weighted by molar-refractivity contribution is -0.147. The molecule has 1 aliphatic heterocycles. The number of carbonyl (C=O) groups excluding carboxylic acids is 1. The number of imidazole rings is 1. The number of ether oxygens (including phenoxy) is 3. The van der Waals surface area contributed by atoms with Crippen molar-refractivity contribution in [1.29, 1.82) is 0 Å². The first-order chi connectivity index (χ1) is 19.1. The molecule has 5 rings (SSSR count). The minimum Gasteiger partial charge on any atom is -0.496 e. The molecule has 40 heavy (non-hydrogen) atoms. The zero-order valence-electron chi connectivity index (χ0n) is 22.0. The maximum atomic E-state index is 13.5. The maximum absolute atomic E-state index is 13.5. The summed E-state index contributed by atoms with van der Waals surface area (Å²) in [5.74, 6) is -2.61. The van der Waals surface area contributed by atoms with Crippen molar-refractivity contribution >= 4 is 11.4 Å². The van der Waals surface area contributed by atoms with Crippen LogP contribution in [-0.4, -0.2) is 77.2 Å². The number of likely N-dealkylation sites (tertiary alicyclic amines) is 1. The third-order valence-electron chi connectivity index (χ3n) is 7.30. The summed E-state index contributed by atoms with van der Waals surface area (Å²) in [5.41, 5.74) is 1.60. The normalized spacial score (nSPS) is 19.2. The molecule has 0 amide bonds. The van der Waals surface area contributed by atoms with Crippen molar-refractivity contribution in [3.63, 3.8) is 0 Å². The van der Waals surface area contributed by atoms with E-state index in [1.807, 2.05) is 0 Å². The summed E-state index contributed by atoms with van der Waals surface area (Å²) in [7, 11) is 1.37. The van der Waals surface area contributed by atoms with E-state index in [0.29, 0.717) is 42.2 Å². The summed E-state index contributed by atoms with van der Waals surface area (Å²) >= 11 is 0. The van der Waals surface area contributed by atoms with Gasteiger partial charge in [-0.25, -0.2) is 13.8 Å². The van der Waals surface area contributed by atoms with Crippen molar-refractivity contribution < 1.29 is 41.7 Å². The minimum atomic E-state index is -3.12. The molecule has 0 bridgehead atoms. The molecular formula is C28H31F4N3O5. The van der Waals surface area contributed by atoms with Gasteiger partial charge in [-0.15, -0.1) is 0 Å². The summed E-state index contributed by atoms with van der Waals surface area (Å²) in [6, 6.07) is 6.45. The van der Waals surface area contributed by atoms with Crippen LogP contribution >= 0.6 is 0 Å². The molecule has 0 radical (unpaired) electrons. The Morgan fingerprint density at radius 1 is 1.23 bits per heavy atom. The quantitative estimate of drug-likeness (QED) is 0.187. The van der Waals surface area contributed by atoms with Gasteiger partial charge in [0.05, 0.1) is 25.6 Å². The fraction of sp³-hybridized carbons (Fsp3) is 0.500. The first kappa shape index (κ1) is 28.2. The van der Waals surface area contributed by atoms with Crippen LogP contribution in [0.2, 0.25) is 0 Å². The topological polar surface area (TPSA) is 85.5 Å². The van der Waals surface area contributed by atoms with Gasteiger partial charge < -0.3 is 24.2 Å². The van der Waals surface area contributed by atoms with Crippen molar-refractivity contribution in [2.75, 3.05) is 33.4 Å². The van der Waals surface area contributed by atoms with E-state index >= 15 is 0 Å². The van der Waals surface area contributed by atoms with Crippen molar-refractivity contribution in [2.24, 2.45) is 5.92 Å². The third kappa shape index (κ3) is 6.33. The second-order valence-corrected chi connectivity index (χ2v) is 10.3. The molecule has 2 aromatic heterocycles. The lowest BCUT2D eigenvalue weighted by Crippen LogP contribution is -2.50. The number of rotatable bonds is 12. The number of β-amino-alcohol motifs (C(OH)–C–C–N with tert-alkyl or cyclic N) is 1. The number of benzene rings is 1. The highest BCUT2D eigenvalue weighted by molar-refractivity contribution is 6.02. The minimum absolute atomic E-state index is 0.00994. The van der Waals surface area contributed by atoms with Gasteiger partial charge in [-0.3, -0.25) is 9.20 Å². The van der Waals surface area contributed by atoms with Gasteiger partial charge in [-0.2, -0.15) is 8.78 Å². The van der Waals surface area contributed by atoms with Crippen molar-refractivity contribution in [1.82, 2.24) is 14.3 Å². The molecule has 12 heteroatoms. The molecule has 3 aromatic rings. The van der Waals surface area contributed by atoms with E-state index in [1.165, 1.54) is 13.2 Å². The van der Waals surface area contributed by atoms with Gasteiger partial charge in [0.1, 0.15) is 34.6 Å². The van der Waals surface area contributed by atoms with Crippen LogP contribution in [0.5, 0.6) is 17.2 Å². The number of aromatic nitrogens is 2. The summed E-state index contributed by atoms with van der Waals surface area (Å²) in [5, 5.41) is 9.59. The van der Waals surface area contributed by atoms with Crippen LogP contribution in [0.15, 0.2) is 36.7 Å². The molecule has 1 aromatic carbocycles. The number of methoxy groups -OCH3 is 1. The molecule has 1 aliphatic carbocycles. The Labute approximate surface area is 228 Å². The average Bonchev–Trinajstić information content (AvgIpc) is 3.62. The maximum Gasteiger partial charge on any atom is 0.387 e. The fourth-order valence-electron chi connectivity index (χ4n) is 4.94. The molecule has 2 fully saturated rings. The number of carbonyl (C=O) groups is 1. The molecule has 1 saturated carbocycles. The summed E-state index contributed by atoms with van der Waals surface area (Å²) < 4.78 is 71.2. The Bertz CT molecular complexity index is 1360. The fourth-order valence-corrected chi connectivity index (χ4v) is 4.94. The monoisotopic (exact) mass is 565 g/mol. The van der Waals surface area contributed by atoms with E-state index in [1.54, 1.807) is 39.9 Å². The van der Waals surface area contributed by atoms with Crippen LogP contribution in [0.4, 0.5) is 17.6 Å². The Hall–Kier alpha value is -3.38. The predicted molar refractivity (Wildman–Crippen MR) is 138 cm³/mol. The Kier molecular flexibility index (Phi) is 8.18. The highest BCUT2D eigenvalue weighted by Gasteiger charge is 2.42. The number of alkyl halides is 4. The number of aliphatic hydroxyl groups excluding tert-OH is 1. The molecule has 1 atom stereocenters. The Morgan fingerprint density at radius 3 is 2.70 bits per heavy atom. The molecule has 2 aliphatic rings. The van der Waals surface area contributed by atoms with Crippen LogP contribution < -0.4 is 14.2 Å². The van der Waals surface area contributed by atoms with E-state index in [9.17, 15) is 27.5 Å². The highest BCUT2D eigenvalue weighted by atomic mass is 19.3. The zero-order chi connectivity index (χ0) is 28.4. The van der Waals surface area contributed by atoms with E-state index in [-0.39, 0.29) is 54.7 Å². The molecular weight excluding hydrogens is 534 g/mol. The molecule has 216 valence electrons. The second-order valence-electron chi connectivity index (χ2n) is 10.3. The van der Waals surface area contributed by atoms with Gasteiger partial charge in [0.2, 0.25) is 0 Å². The first-order valence-electron chi connectivity index (χ1n) is 13.2. The molecule has 1 unspecified atom stereocenters. The molecule has 0 spiro atoms. The van der Waals surface area contributed by atoms with Crippen LogP contribution in [-0.2, 0) is 0 Å². The van der Waals surface area contributed by atoms with Crippen molar-refractivity contribution in [3.05, 3.63) is 42.2 Å². The predicted octanol–water partition coefficient (Wildman–Crippen LogP) is 5.06. The molecule has 8 nitrogen and oxygen atoms in total. The lowest BCUT2D eigenvalue weighted by atomic mass is 10.00. The second kappa shape index (κ2) is 11.6. The number of pyridine rings is 1. The van der Waals surface area contributed by atoms with Gasteiger partial charge in [0, 0.05) is 50.3 Å². The Morgan fingerprint density at radius 2 is 2.00 bits per heavy atom. The van der Waals surface area contributed by atoms with Crippen LogP contribution in [0, 0.1) is 5.92 Å². The largest absolute Gasteiger partial charge is 0.496 e. The lowest BCUT2D eigenvalue weighted by Gasteiger charge is -2.35. The van der Waals surface area contributed by atoms with Gasteiger partial charge in [0.25, 0.3) is 5.92 Å². The van der Waals surface area contributed by atoms with Crippen molar-refractivity contribution in [3.8, 4) is 28.5 Å². The highest BCUT2D eigenvalue weighted by Crippen LogP contribution is 2.40. The van der Waals surface area contributed by atoms with Crippen LogP contribution in [0.1, 0.15) is 42.5 Å². The van der Waals surface area contributed by atoms with Gasteiger partial charge in [-0.1, -0.05) is 0 Å². The number of nitrogens with zero attached hydrogens (tertiary/aromatic N) is 3. The van der Waals surface area contributed by atoms with Crippen LogP contribution in [0.25, 0.3) is 16.9 Å². The third-order valence-corrected chi connectivity index (χ3v) is 7.30. The summed E-state index contributed by atoms with van der Waals surface area (Å²) in [6.07, 6.45) is 3.99. The van der Waals surface area contributed by atoms with E-state index < -0.39 is 18.6 Å². The molecule has 3 heterocycles. The number of ketones is 1. The average molecular weight is 566 g/mol. The van der Waals surface area contributed by atoms with Gasteiger partial charge in [-0.05, 0) is 43.4 Å².